The van der Waals surface area contributed by atoms with Crippen molar-refractivity contribution in [3.63, 3.8) is 0 Å². The van der Waals surface area contributed by atoms with E-state index in [0.29, 0.717) is 6.61 Å². The molecule has 0 amide bonds. The summed E-state index contributed by atoms with van der Waals surface area (Å²) >= 11 is 0. The fourth-order valence-corrected chi connectivity index (χ4v) is 0.763. The monoisotopic (exact) mass is 192 g/mol. The number of ether oxygens (including phenoxy) is 3. The van der Waals surface area contributed by atoms with Gasteiger partial charge < -0.3 is 19.3 Å². The van der Waals surface area contributed by atoms with Gasteiger partial charge in [-0.1, -0.05) is 6.92 Å². The van der Waals surface area contributed by atoms with Crippen molar-refractivity contribution in [1.29, 1.82) is 0 Å². The topological polar surface area (TPSA) is 65.0 Å². The molecule has 0 aromatic heterocycles. The zero-order valence-corrected chi connectivity index (χ0v) is 8.15. The van der Waals surface area contributed by atoms with E-state index in [1.165, 1.54) is 6.92 Å². The minimum Gasteiger partial charge on any atom is -0.450 e. The Morgan fingerprint density at radius 3 is 2.46 bits per heavy atom. The lowest BCUT2D eigenvalue weighted by molar-refractivity contribution is -0.216. The van der Waals surface area contributed by atoms with Gasteiger partial charge in [-0.3, -0.25) is 0 Å². The highest BCUT2D eigenvalue weighted by atomic mass is 16.8. The van der Waals surface area contributed by atoms with Gasteiger partial charge in [0.25, 0.3) is 0 Å². The van der Waals surface area contributed by atoms with E-state index in [0.717, 1.165) is 6.42 Å². The third kappa shape index (κ3) is 7.55. The van der Waals surface area contributed by atoms with Crippen LogP contribution in [0, 0.1) is 0 Å². The molecule has 0 rings (SSSR count). The molecule has 2 unspecified atom stereocenters. The molecule has 2 atom stereocenters. The van der Waals surface area contributed by atoms with Crippen LogP contribution >= 0.6 is 0 Å². The van der Waals surface area contributed by atoms with Gasteiger partial charge >= 0.3 is 6.16 Å². The smallest absolute Gasteiger partial charge is 0.450 e. The second kappa shape index (κ2) is 6.68. The predicted octanol–water partition coefficient (Wildman–Crippen LogP) is 1.82. The van der Waals surface area contributed by atoms with Crippen molar-refractivity contribution < 1.29 is 24.1 Å². The zero-order chi connectivity index (χ0) is 10.3. The van der Waals surface area contributed by atoms with Gasteiger partial charge in [0.2, 0.25) is 6.29 Å². The van der Waals surface area contributed by atoms with Crippen molar-refractivity contribution in [2.24, 2.45) is 0 Å². The Hall–Kier alpha value is -0.810. The Labute approximate surface area is 77.6 Å². The van der Waals surface area contributed by atoms with E-state index in [1.54, 1.807) is 6.92 Å². The summed E-state index contributed by atoms with van der Waals surface area (Å²) in [6.07, 6.45) is -1.71. The first kappa shape index (κ1) is 12.2. The Balaban J connectivity index is 3.52. The minimum atomic E-state index is -1.35. The van der Waals surface area contributed by atoms with Crippen LogP contribution in [0.1, 0.15) is 27.2 Å². The summed E-state index contributed by atoms with van der Waals surface area (Å²) in [4.78, 5) is 10.1. The van der Waals surface area contributed by atoms with Gasteiger partial charge in [0.1, 0.15) is 0 Å². The number of hydrogen-bond donors (Lipinski definition) is 1. The highest BCUT2D eigenvalue weighted by Crippen LogP contribution is 2.01. The largest absolute Gasteiger partial charge is 0.508 e. The van der Waals surface area contributed by atoms with E-state index in [-0.39, 0.29) is 0 Å². The SMILES string of the molecule is CCCOC(C)OC(C)OC(=O)O. The van der Waals surface area contributed by atoms with Gasteiger partial charge in [0.05, 0.1) is 0 Å². The lowest BCUT2D eigenvalue weighted by Crippen LogP contribution is -2.24. The van der Waals surface area contributed by atoms with Gasteiger partial charge in [-0.2, -0.15) is 0 Å². The Morgan fingerprint density at radius 1 is 1.38 bits per heavy atom. The third-order valence-corrected chi connectivity index (χ3v) is 1.21. The second-order valence-corrected chi connectivity index (χ2v) is 2.53. The van der Waals surface area contributed by atoms with E-state index in [2.05, 4.69) is 4.74 Å². The van der Waals surface area contributed by atoms with Gasteiger partial charge in [0.15, 0.2) is 6.29 Å². The zero-order valence-electron chi connectivity index (χ0n) is 8.15. The molecule has 0 saturated heterocycles. The lowest BCUT2D eigenvalue weighted by atomic mass is 10.5. The van der Waals surface area contributed by atoms with Crippen LogP contribution in [0.25, 0.3) is 0 Å². The van der Waals surface area contributed by atoms with Gasteiger partial charge in [-0.15, -0.1) is 0 Å². The Bertz CT molecular complexity index is 147. The summed E-state index contributed by atoms with van der Waals surface area (Å²) in [5.41, 5.74) is 0. The summed E-state index contributed by atoms with van der Waals surface area (Å²) in [5, 5.41) is 8.23. The van der Waals surface area contributed by atoms with E-state index in [9.17, 15) is 4.79 Å². The van der Waals surface area contributed by atoms with E-state index < -0.39 is 18.7 Å². The maximum atomic E-state index is 10.1. The molecule has 5 heteroatoms. The van der Waals surface area contributed by atoms with E-state index in [4.69, 9.17) is 14.6 Å². The average Bonchev–Trinajstić information content (AvgIpc) is 1.98. The number of hydrogen-bond acceptors (Lipinski definition) is 4. The highest BCUT2D eigenvalue weighted by molar-refractivity contribution is 5.56. The molecule has 0 fully saturated rings. The molecule has 13 heavy (non-hydrogen) atoms. The normalized spacial score (nSPS) is 15.0. The quantitative estimate of drug-likeness (QED) is 0.513. The van der Waals surface area contributed by atoms with E-state index >= 15 is 0 Å². The minimum absolute atomic E-state index is 0.450. The summed E-state index contributed by atoms with van der Waals surface area (Å²) < 4.78 is 14.5. The van der Waals surface area contributed by atoms with Crippen molar-refractivity contribution in [3.8, 4) is 0 Å². The van der Waals surface area contributed by atoms with Gasteiger partial charge in [-0.25, -0.2) is 4.79 Å². The van der Waals surface area contributed by atoms with Crippen molar-refractivity contribution >= 4 is 6.16 Å². The van der Waals surface area contributed by atoms with Crippen molar-refractivity contribution in [3.05, 3.63) is 0 Å². The molecule has 0 radical (unpaired) electrons. The molecule has 0 bridgehead atoms. The molecular weight excluding hydrogens is 176 g/mol. The summed E-state index contributed by atoms with van der Waals surface area (Å²) in [6, 6.07) is 0. The number of rotatable bonds is 6. The first-order valence-corrected chi connectivity index (χ1v) is 4.23. The Kier molecular flexibility index (Phi) is 6.26. The van der Waals surface area contributed by atoms with Gasteiger partial charge in [0, 0.05) is 6.61 Å². The summed E-state index contributed by atoms with van der Waals surface area (Å²) in [5.74, 6) is 0. The molecule has 0 spiro atoms. The summed E-state index contributed by atoms with van der Waals surface area (Å²) in [7, 11) is 0. The predicted molar refractivity (Wildman–Crippen MR) is 45.4 cm³/mol. The number of carboxylic acid groups (broad SMARTS) is 1. The third-order valence-electron chi connectivity index (χ3n) is 1.21. The van der Waals surface area contributed by atoms with Crippen LogP contribution in [0.2, 0.25) is 0 Å². The molecule has 0 heterocycles. The molecule has 5 nitrogen and oxygen atoms in total. The molecule has 0 saturated carbocycles. The number of carbonyl (C=O) groups is 1. The van der Waals surface area contributed by atoms with E-state index in [1.807, 2.05) is 6.92 Å². The van der Waals surface area contributed by atoms with Crippen molar-refractivity contribution in [1.82, 2.24) is 0 Å². The van der Waals surface area contributed by atoms with Crippen LogP contribution in [0.5, 0.6) is 0 Å². The molecular formula is C8H16O5. The Morgan fingerprint density at radius 2 is 2.00 bits per heavy atom. The standard InChI is InChI=1S/C8H16O5/c1-4-5-11-6(2)12-7(3)13-8(9)10/h6-7H,4-5H2,1-3H3,(H,9,10). The van der Waals surface area contributed by atoms with Crippen molar-refractivity contribution in [2.75, 3.05) is 6.61 Å². The van der Waals surface area contributed by atoms with Crippen LogP contribution in [0.15, 0.2) is 0 Å². The van der Waals surface area contributed by atoms with Crippen LogP contribution in [0.4, 0.5) is 4.79 Å². The van der Waals surface area contributed by atoms with Crippen LogP contribution in [0.3, 0.4) is 0 Å². The highest BCUT2D eigenvalue weighted by Gasteiger charge is 2.11. The second-order valence-electron chi connectivity index (χ2n) is 2.53. The van der Waals surface area contributed by atoms with Crippen molar-refractivity contribution in [2.45, 2.75) is 39.8 Å². The maximum absolute atomic E-state index is 10.1. The molecule has 78 valence electrons. The molecule has 1 N–H and O–H groups in total. The fraction of sp³-hybridized carbons (Fsp3) is 0.875. The summed E-state index contributed by atoms with van der Waals surface area (Å²) in [6.45, 7) is 5.75. The van der Waals surface area contributed by atoms with Gasteiger partial charge in [-0.05, 0) is 20.3 Å². The van der Waals surface area contributed by atoms with Crippen LogP contribution < -0.4 is 0 Å². The molecule has 0 aromatic carbocycles. The first-order chi connectivity index (χ1) is 6.06. The molecule has 0 aliphatic carbocycles. The lowest BCUT2D eigenvalue weighted by Gasteiger charge is -2.17. The molecule has 0 aromatic rings. The molecule has 0 aliphatic heterocycles. The fourth-order valence-electron chi connectivity index (χ4n) is 0.763. The molecule has 0 aliphatic rings. The van der Waals surface area contributed by atoms with Crippen LogP contribution in [-0.2, 0) is 14.2 Å². The first-order valence-electron chi connectivity index (χ1n) is 4.23. The van der Waals surface area contributed by atoms with Crippen LogP contribution in [-0.4, -0.2) is 30.4 Å². The average molecular weight is 192 g/mol. The maximum Gasteiger partial charge on any atom is 0.508 e.